The summed E-state index contributed by atoms with van der Waals surface area (Å²) in [7, 11) is 1.86. The van der Waals surface area contributed by atoms with E-state index < -0.39 is 11.9 Å². The normalized spacial score (nSPS) is 19.0. The molecular weight excluding hydrogens is 555 g/mol. The molecule has 2 atom stereocenters. The maximum atomic E-state index is 13.8. The predicted molar refractivity (Wildman–Crippen MR) is 161 cm³/mol. The minimum atomic E-state index is -0.421. The monoisotopic (exact) mass is 582 g/mol. The van der Waals surface area contributed by atoms with Gasteiger partial charge in [-0.25, -0.2) is 24.3 Å². The highest BCUT2D eigenvalue weighted by Crippen LogP contribution is 2.32. The van der Waals surface area contributed by atoms with Crippen LogP contribution >= 0.6 is 11.6 Å². The molecule has 9 nitrogen and oxygen atoms in total. The first-order valence-corrected chi connectivity index (χ1v) is 14.3. The van der Waals surface area contributed by atoms with Crippen molar-refractivity contribution in [3.05, 3.63) is 84.2 Å². The number of aryl methyl sites for hydroxylation is 1. The molecule has 0 spiro atoms. The lowest BCUT2D eigenvalue weighted by atomic mass is 10.1. The van der Waals surface area contributed by atoms with E-state index in [9.17, 15) is 9.18 Å². The van der Waals surface area contributed by atoms with Crippen LogP contribution in [0.5, 0.6) is 0 Å². The molecule has 42 heavy (non-hydrogen) atoms. The Bertz CT molecular complexity index is 1790. The van der Waals surface area contributed by atoms with E-state index in [0.29, 0.717) is 30.9 Å². The fraction of sp³-hybridized carbons (Fsp3) is 0.258. The highest BCUT2D eigenvalue weighted by Gasteiger charge is 2.39. The number of anilines is 2. The third-order valence-electron chi connectivity index (χ3n) is 8.01. The number of para-hydroxylation sites is 1. The van der Waals surface area contributed by atoms with Crippen molar-refractivity contribution in [2.45, 2.75) is 31.5 Å². The fourth-order valence-electron chi connectivity index (χ4n) is 5.96. The van der Waals surface area contributed by atoms with Crippen molar-refractivity contribution in [1.29, 1.82) is 0 Å². The molecule has 3 aromatic heterocycles. The van der Waals surface area contributed by atoms with Crippen LogP contribution in [0.15, 0.2) is 73.3 Å². The van der Waals surface area contributed by atoms with Crippen molar-refractivity contribution < 1.29 is 9.18 Å². The van der Waals surface area contributed by atoms with Crippen LogP contribution < -0.4 is 10.2 Å². The molecular formula is C31H28ClFN8O. The second-order valence-electron chi connectivity index (χ2n) is 10.8. The van der Waals surface area contributed by atoms with Gasteiger partial charge in [-0.1, -0.05) is 29.8 Å². The first kappa shape index (κ1) is 26.3. The van der Waals surface area contributed by atoms with E-state index >= 15 is 0 Å². The summed E-state index contributed by atoms with van der Waals surface area (Å²) in [5.41, 5.74) is 5.13. The van der Waals surface area contributed by atoms with Gasteiger partial charge in [0.15, 0.2) is 5.82 Å². The van der Waals surface area contributed by atoms with E-state index in [1.165, 1.54) is 12.1 Å². The number of rotatable bonds is 2. The Balaban J connectivity index is 1.22. The average Bonchev–Trinajstić information content (AvgIpc) is 3.61. The SMILES string of the molecule is CN1CCCn2cnc3cccc(c32)-c2cccc(n2)N[C@H]2C[C@@H](C1=O)N(c1cnc(-c3ccc(F)cc3Cl)nc1)C2. The van der Waals surface area contributed by atoms with E-state index in [4.69, 9.17) is 16.6 Å². The van der Waals surface area contributed by atoms with Crippen LogP contribution in [0, 0.1) is 5.82 Å². The number of carbonyl (C=O) groups is 1. The van der Waals surface area contributed by atoms with Crippen LogP contribution in [-0.2, 0) is 11.3 Å². The summed E-state index contributed by atoms with van der Waals surface area (Å²) >= 11 is 6.24. The lowest BCUT2D eigenvalue weighted by molar-refractivity contribution is -0.131. The summed E-state index contributed by atoms with van der Waals surface area (Å²) < 4.78 is 15.7. The van der Waals surface area contributed by atoms with Crippen LogP contribution in [0.2, 0.25) is 5.02 Å². The standard InChI is InChI=1S/C31H28ClFN8O/c1-39-11-4-12-40-18-36-26-7-2-5-23(29(26)40)25-6-3-8-28(38-25)37-20-14-27(31(39)42)41(17-20)21-15-34-30(35-16-21)22-10-9-19(33)13-24(22)32/h2-3,5-10,13,15-16,18,20,27H,4,11-12,14,17H2,1H3,(H,37,38)/t20-,27-/m0/s1. The third-order valence-corrected chi connectivity index (χ3v) is 8.32. The van der Waals surface area contributed by atoms with E-state index in [-0.39, 0.29) is 17.0 Å². The van der Waals surface area contributed by atoms with Crippen molar-refractivity contribution in [2.75, 3.05) is 30.4 Å². The number of nitrogens with zero attached hydrogens (tertiary/aromatic N) is 7. The largest absolute Gasteiger partial charge is 0.365 e. The maximum Gasteiger partial charge on any atom is 0.245 e. The molecule has 0 radical (unpaired) electrons. The number of pyridine rings is 1. The molecule has 0 saturated carbocycles. The molecule has 2 aliphatic rings. The van der Waals surface area contributed by atoms with Crippen LogP contribution in [-0.4, -0.2) is 67.5 Å². The van der Waals surface area contributed by atoms with Crippen molar-refractivity contribution >= 4 is 40.0 Å². The summed E-state index contributed by atoms with van der Waals surface area (Å²) in [5.74, 6) is 0.754. The zero-order valence-electron chi connectivity index (χ0n) is 22.9. The van der Waals surface area contributed by atoms with Gasteiger partial charge in [0.05, 0.1) is 46.2 Å². The first-order chi connectivity index (χ1) is 20.4. The first-order valence-electron chi connectivity index (χ1n) is 13.9. The van der Waals surface area contributed by atoms with Crippen molar-refractivity contribution in [3.8, 4) is 22.6 Å². The minimum Gasteiger partial charge on any atom is -0.365 e. The molecule has 1 fully saturated rings. The van der Waals surface area contributed by atoms with Gasteiger partial charge in [0.2, 0.25) is 5.91 Å². The minimum absolute atomic E-state index is 0.0345. The van der Waals surface area contributed by atoms with Gasteiger partial charge in [-0.15, -0.1) is 0 Å². The second kappa shape index (κ2) is 10.7. The topological polar surface area (TPSA) is 92.1 Å². The Labute approximate surface area is 247 Å². The number of aromatic nitrogens is 5. The number of benzene rings is 2. The number of amides is 1. The lowest BCUT2D eigenvalue weighted by Gasteiger charge is -2.29. The van der Waals surface area contributed by atoms with Gasteiger partial charge in [-0.3, -0.25) is 4.79 Å². The van der Waals surface area contributed by atoms with Gasteiger partial charge in [-0.2, -0.15) is 0 Å². The van der Waals surface area contributed by atoms with E-state index in [1.807, 2.05) is 48.6 Å². The smallest absolute Gasteiger partial charge is 0.245 e. The number of hydrogen-bond donors (Lipinski definition) is 1. The fourth-order valence-corrected chi connectivity index (χ4v) is 6.21. The Hall–Kier alpha value is -4.57. The highest BCUT2D eigenvalue weighted by atomic mass is 35.5. The molecule has 1 amide bonds. The lowest BCUT2D eigenvalue weighted by Crippen LogP contribution is -2.44. The molecule has 0 unspecified atom stereocenters. The molecule has 2 aromatic carbocycles. The number of nitrogens with one attached hydrogen (secondary N) is 1. The molecule has 1 N–H and O–H groups in total. The summed E-state index contributed by atoms with van der Waals surface area (Å²) in [6.45, 7) is 1.90. The molecule has 0 aliphatic carbocycles. The van der Waals surface area contributed by atoms with E-state index in [2.05, 4.69) is 35.8 Å². The van der Waals surface area contributed by atoms with Crippen LogP contribution in [0.3, 0.4) is 0 Å². The Morgan fingerprint density at radius 2 is 1.83 bits per heavy atom. The molecule has 1 saturated heterocycles. The number of imidazole rings is 1. The molecule has 7 rings (SSSR count). The summed E-state index contributed by atoms with van der Waals surface area (Å²) in [5, 5.41) is 3.82. The number of halogens is 2. The van der Waals surface area contributed by atoms with Crippen molar-refractivity contribution in [1.82, 2.24) is 29.4 Å². The molecule has 5 heterocycles. The number of fused-ring (bicyclic) bond motifs is 5. The van der Waals surface area contributed by atoms with Gasteiger partial charge < -0.3 is 19.7 Å². The van der Waals surface area contributed by atoms with E-state index in [1.54, 1.807) is 18.5 Å². The van der Waals surface area contributed by atoms with Gasteiger partial charge in [0.25, 0.3) is 0 Å². The number of carbonyl (C=O) groups excluding carboxylic acids is 1. The number of hydrogen-bond acceptors (Lipinski definition) is 7. The molecule has 5 aromatic rings. The van der Waals surface area contributed by atoms with Crippen LogP contribution in [0.25, 0.3) is 33.7 Å². The molecule has 4 bridgehead atoms. The molecule has 2 aliphatic heterocycles. The second-order valence-corrected chi connectivity index (χ2v) is 11.2. The highest BCUT2D eigenvalue weighted by molar-refractivity contribution is 6.33. The summed E-state index contributed by atoms with van der Waals surface area (Å²) in [6, 6.07) is 15.8. The van der Waals surface area contributed by atoms with Crippen LogP contribution in [0.1, 0.15) is 12.8 Å². The van der Waals surface area contributed by atoms with Gasteiger partial charge >= 0.3 is 0 Å². The van der Waals surface area contributed by atoms with Crippen molar-refractivity contribution in [3.63, 3.8) is 0 Å². The Morgan fingerprint density at radius 3 is 2.67 bits per heavy atom. The van der Waals surface area contributed by atoms with Gasteiger partial charge in [0.1, 0.15) is 17.7 Å². The summed E-state index contributed by atoms with van der Waals surface area (Å²) in [6.07, 6.45) is 6.63. The zero-order valence-corrected chi connectivity index (χ0v) is 23.7. The third kappa shape index (κ3) is 4.81. The Kier molecular flexibility index (Phi) is 6.70. The van der Waals surface area contributed by atoms with Gasteiger partial charge in [-0.05, 0) is 49.2 Å². The quantitative estimate of drug-likeness (QED) is 0.303. The Morgan fingerprint density at radius 1 is 1.00 bits per heavy atom. The predicted octanol–water partition coefficient (Wildman–Crippen LogP) is 5.27. The molecule has 11 heteroatoms. The average molecular weight is 583 g/mol. The zero-order chi connectivity index (χ0) is 28.8. The summed E-state index contributed by atoms with van der Waals surface area (Å²) in [4.78, 5) is 36.3. The maximum absolute atomic E-state index is 13.8. The molecule has 212 valence electrons. The number of likely N-dealkylation sites (N-methyl/N-ethyl adjacent to an activating group) is 1. The van der Waals surface area contributed by atoms with Gasteiger partial charge in [0, 0.05) is 43.9 Å². The van der Waals surface area contributed by atoms with E-state index in [0.717, 1.165) is 46.8 Å². The van der Waals surface area contributed by atoms with Crippen LogP contribution in [0.4, 0.5) is 15.9 Å². The van der Waals surface area contributed by atoms with Crippen molar-refractivity contribution in [2.24, 2.45) is 0 Å².